The van der Waals surface area contributed by atoms with E-state index < -0.39 is 0 Å². The summed E-state index contributed by atoms with van der Waals surface area (Å²) in [5.74, 6) is 0.164. The highest BCUT2D eigenvalue weighted by atomic mass is 32.1. The van der Waals surface area contributed by atoms with Crippen LogP contribution in [0.1, 0.15) is 20.3 Å². The largest absolute Gasteiger partial charge is 0.461 e. The summed E-state index contributed by atoms with van der Waals surface area (Å²) in [4.78, 5) is 24.8. The van der Waals surface area contributed by atoms with E-state index in [9.17, 15) is 9.59 Å². The lowest BCUT2D eigenvalue weighted by molar-refractivity contribution is 0.101. The van der Waals surface area contributed by atoms with Gasteiger partial charge in [-0.3, -0.25) is 4.79 Å². The Balaban J connectivity index is 1.91. The highest BCUT2D eigenvalue weighted by Gasteiger charge is 2.14. The maximum absolute atomic E-state index is 12.0. The normalized spacial score (nSPS) is 10.0. The Morgan fingerprint density at radius 1 is 1.30 bits per heavy atom. The van der Waals surface area contributed by atoms with Crippen molar-refractivity contribution in [2.24, 2.45) is 0 Å². The zero-order valence-electron chi connectivity index (χ0n) is 10.7. The van der Waals surface area contributed by atoms with Crippen LogP contribution in [0, 0.1) is 0 Å². The summed E-state index contributed by atoms with van der Waals surface area (Å²) in [6.45, 7) is 4.30. The molecule has 0 atom stereocenters. The molecule has 2 aromatic rings. The van der Waals surface area contributed by atoms with E-state index in [1.165, 1.54) is 17.6 Å². The van der Waals surface area contributed by atoms with Crippen LogP contribution in [0.3, 0.4) is 0 Å². The monoisotopic (exact) mass is 290 g/mol. The van der Waals surface area contributed by atoms with Gasteiger partial charge in [-0.05, 0) is 24.3 Å². The van der Waals surface area contributed by atoms with Crippen LogP contribution in [0.2, 0.25) is 0 Å². The van der Waals surface area contributed by atoms with Crippen LogP contribution in [0.4, 0.5) is 4.79 Å². The van der Waals surface area contributed by atoms with Gasteiger partial charge < -0.3 is 15.1 Å². The lowest BCUT2D eigenvalue weighted by Crippen LogP contribution is -2.34. The molecule has 0 saturated heterocycles. The zero-order chi connectivity index (χ0) is 14.4. The van der Waals surface area contributed by atoms with Gasteiger partial charge in [-0.15, -0.1) is 17.9 Å². The summed E-state index contributed by atoms with van der Waals surface area (Å²) in [7, 11) is 0. The van der Waals surface area contributed by atoms with Crippen LogP contribution in [-0.4, -0.2) is 18.4 Å². The molecule has 0 fully saturated rings. The van der Waals surface area contributed by atoms with Gasteiger partial charge in [0.15, 0.2) is 5.76 Å². The third-order valence-electron chi connectivity index (χ3n) is 2.46. The molecule has 0 unspecified atom stereocenters. The fraction of sp³-hybridized carbons (Fsp3) is 0.143. The van der Waals surface area contributed by atoms with Crippen LogP contribution in [-0.2, 0) is 6.54 Å². The van der Waals surface area contributed by atoms with E-state index in [1.54, 1.807) is 24.3 Å². The Hall–Kier alpha value is -2.34. The van der Waals surface area contributed by atoms with Crippen LogP contribution in [0.25, 0.3) is 0 Å². The van der Waals surface area contributed by atoms with Crippen LogP contribution in [0.5, 0.6) is 0 Å². The van der Waals surface area contributed by atoms with E-state index in [2.05, 4.69) is 17.2 Å². The number of carbonyl (C=O) groups excluding carboxylic acids is 2. The summed E-state index contributed by atoms with van der Waals surface area (Å²) >= 11 is 1.33. The SMILES string of the molecule is C=CCNC(=O)NCc1ccc(C(=O)c2ccco2)s1. The fourth-order valence-electron chi connectivity index (χ4n) is 1.52. The molecule has 20 heavy (non-hydrogen) atoms. The Morgan fingerprint density at radius 2 is 2.15 bits per heavy atom. The molecule has 0 aliphatic rings. The predicted octanol–water partition coefficient (Wildman–Crippen LogP) is 2.56. The van der Waals surface area contributed by atoms with E-state index in [-0.39, 0.29) is 11.8 Å². The Bertz CT molecular complexity index is 602. The van der Waals surface area contributed by atoms with Gasteiger partial charge in [0, 0.05) is 11.4 Å². The van der Waals surface area contributed by atoms with Crippen molar-refractivity contribution in [2.45, 2.75) is 6.54 Å². The van der Waals surface area contributed by atoms with E-state index >= 15 is 0 Å². The van der Waals surface area contributed by atoms with Gasteiger partial charge in [0.2, 0.25) is 5.78 Å². The number of carbonyl (C=O) groups is 2. The number of ketones is 1. The molecule has 2 N–H and O–H groups in total. The molecule has 0 aliphatic carbocycles. The van der Waals surface area contributed by atoms with Crippen molar-refractivity contribution in [3.8, 4) is 0 Å². The van der Waals surface area contributed by atoms with E-state index in [1.807, 2.05) is 6.07 Å². The summed E-state index contributed by atoms with van der Waals surface area (Å²) in [5.41, 5.74) is 0. The van der Waals surface area contributed by atoms with Crippen molar-refractivity contribution in [2.75, 3.05) is 6.54 Å². The minimum Gasteiger partial charge on any atom is -0.461 e. The van der Waals surface area contributed by atoms with Gasteiger partial charge in [-0.1, -0.05) is 6.08 Å². The molecule has 0 radical (unpaired) electrons. The molecule has 0 aromatic carbocycles. The summed E-state index contributed by atoms with van der Waals surface area (Å²) in [5, 5.41) is 5.31. The van der Waals surface area contributed by atoms with E-state index in [0.29, 0.717) is 23.7 Å². The quantitative estimate of drug-likeness (QED) is 0.634. The second kappa shape index (κ2) is 6.72. The number of hydrogen-bond acceptors (Lipinski definition) is 4. The average Bonchev–Trinajstić information content (AvgIpc) is 3.12. The number of nitrogens with one attached hydrogen (secondary N) is 2. The molecule has 0 aliphatic heterocycles. The first-order chi connectivity index (χ1) is 9.70. The highest BCUT2D eigenvalue weighted by Crippen LogP contribution is 2.20. The van der Waals surface area contributed by atoms with Gasteiger partial charge in [0.1, 0.15) is 0 Å². The molecule has 2 rings (SSSR count). The molecular formula is C14H14N2O3S. The molecule has 5 nitrogen and oxygen atoms in total. The number of urea groups is 1. The van der Waals surface area contributed by atoms with Crippen molar-refractivity contribution in [1.29, 1.82) is 0 Å². The van der Waals surface area contributed by atoms with Gasteiger partial charge in [-0.2, -0.15) is 0 Å². The summed E-state index contributed by atoms with van der Waals surface area (Å²) in [6.07, 6.45) is 3.07. The molecule has 2 amide bonds. The van der Waals surface area contributed by atoms with Crippen LogP contribution >= 0.6 is 11.3 Å². The maximum Gasteiger partial charge on any atom is 0.315 e. The average molecular weight is 290 g/mol. The van der Waals surface area contributed by atoms with Gasteiger partial charge in [-0.25, -0.2) is 4.79 Å². The standard InChI is InChI=1S/C14H14N2O3S/c1-2-7-15-14(18)16-9-10-5-6-12(20-10)13(17)11-4-3-8-19-11/h2-6,8H,1,7,9H2,(H2,15,16,18). The number of furan rings is 1. The first-order valence-corrected chi connectivity index (χ1v) is 6.82. The number of amides is 2. The Morgan fingerprint density at radius 3 is 2.85 bits per heavy atom. The molecular weight excluding hydrogens is 276 g/mol. The van der Waals surface area contributed by atoms with Gasteiger partial charge >= 0.3 is 6.03 Å². The topological polar surface area (TPSA) is 71.3 Å². The van der Waals surface area contributed by atoms with Crippen LogP contribution in [0.15, 0.2) is 47.6 Å². The second-order valence-corrected chi connectivity index (χ2v) is 5.09. The van der Waals surface area contributed by atoms with Crippen LogP contribution < -0.4 is 10.6 Å². The van der Waals surface area contributed by atoms with Gasteiger partial charge in [0.05, 0.1) is 17.7 Å². The van der Waals surface area contributed by atoms with Crippen molar-refractivity contribution in [3.63, 3.8) is 0 Å². The summed E-state index contributed by atoms with van der Waals surface area (Å²) in [6, 6.07) is 6.58. The van der Waals surface area contributed by atoms with Crippen molar-refractivity contribution in [1.82, 2.24) is 10.6 Å². The zero-order valence-corrected chi connectivity index (χ0v) is 11.5. The first-order valence-electron chi connectivity index (χ1n) is 6.00. The third kappa shape index (κ3) is 3.58. The number of rotatable bonds is 6. The molecule has 2 aromatic heterocycles. The van der Waals surface area contributed by atoms with E-state index in [0.717, 1.165) is 4.88 Å². The lowest BCUT2D eigenvalue weighted by atomic mass is 10.2. The molecule has 2 heterocycles. The molecule has 6 heteroatoms. The molecule has 104 valence electrons. The maximum atomic E-state index is 12.0. The number of hydrogen-bond donors (Lipinski definition) is 2. The first kappa shape index (κ1) is 14.1. The smallest absolute Gasteiger partial charge is 0.315 e. The minimum absolute atomic E-state index is 0.151. The van der Waals surface area contributed by atoms with Crippen molar-refractivity contribution >= 4 is 23.2 Å². The highest BCUT2D eigenvalue weighted by molar-refractivity contribution is 7.14. The molecule has 0 spiro atoms. The molecule has 0 bridgehead atoms. The third-order valence-corrected chi connectivity index (χ3v) is 3.54. The fourth-order valence-corrected chi connectivity index (χ4v) is 2.41. The predicted molar refractivity (Wildman–Crippen MR) is 76.9 cm³/mol. The minimum atomic E-state index is -0.266. The summed E-state index contributed by atoms with van der Waals surface area (Å²) < 4.78 is 5.07. The molecule has 0 saturated carbocycles. The Labute approximate surface area is 120 Å². The van der Waals surface area contributed by atoms with Gasteiger partial charge in [0.25, 0.3) is 0 Å². The van der Waals surface area contributed by atoms with Crippen molar-refractivity contribution in [3.05, 3.63) is 58.7 Å². The van der Waals surface area contributed by atoms with E-state index in [4.69, 9.17) is 4.42 Å². The van der Waals surface area contributed by atoms with Crippen molar-refractivity contribution < 1.29 is 14.0 Å². The Kier molecular flexibility index (Phi) is 4.73. The lowest BCUT2D eigenvalue weighted by Gasteiger charge is -2.03. The second-order valence-electron chi connectivity index (χ2n) is 3.92. The number of thiophene rings is 1.